The molecular formula is C16H9ClFN3O3. The Morgan fingerprint density at radius 1 is 1.21 bits per heavy atom. The number of rotatable bonds is 3. The van der Waals surface area contributed by atoms with E-state index in [1.165, 1.54) is 30.3 Å². The van der Waals surface area contributed by atoms with Gasteiger partial charge in [-0.1, -0.05) is 11.6 Å². The SMILES string of the molecule is NC(=O)c1cc(F)cc2c(Cl)cc(-c3ccc([N+](=O)[O-])cc3)nc12. The molecule has 0 saturated carbocycles. The van der Waals surface area contributed by atoms with Crippen molar-refractivity contribution in [3.63, 3.8) is 0 Å². The summed E-state index contributed by atoms with van der Waals surface area (Å²) >= 11 is 6.18. The van der Waals surface area contributed by atoms with Gasteiger partial charge in [0.05, 0.1) is 26.7 Å². The van der Waals surface area contributed by atoms with E-state index in [9.17, 15) is 19.3 Å². The summed E-state index contributed by atoms with van der Waals surface area (Å²) in [5.41, 5.74) is 6.24. The van der Waals surface area contributed by atoms with Gasteiger partial charge < -0.3 is 5.73 Å². The molecule has 2 N–H and O–H groups in total. The van der Waals surface area contributed by atoms with Gasteiger partial charge in [0.2, 0.25) is 0 Å². The van der Waals surface area contributed by atoms with E-state index >= 15 is 0 Å². The number of nitrogens with zero attached hydrogens (tertiary/aromatic N) is 2. The van der Waals surface area contributed by atoms with Crippen molar-refractivity contribution >= 4 is 34.1 Å². The number of halogens is 2. The van der Waals surface area contributed by atoms with Gasteiger partial charge in [-0.15, -0.1) is 0 Å². The lowest BCUT2D eigenvalue weighted by Crippen LogP contribution is -2.12. The molecule has 1 heterocycles. The van der Waals surface area contributed by atoms with Crippen molar-refractivity contribution in [2.45, 2.75) is 0 Å². The molecule has 8 heteroatoms. The Labute approximate surface area is 139 Å². The van der Waals surface area contributed by atoms with E-state index in [4.69, 9.17) is 17.3 Å². The molecule has 0 radical (unpaired) electrons. The quantitative estimate of drug-likeness (QED) is 0.577. The lowest BCUT2D eigenvalue weighted by atomic mass is 10.1. The van der Waals surface area contributed by atoms with E-state index in [1.54, 1.807) is 0 Å². The van der Waals surface area contributed by atoms with Crippen molar-refractivity contribution in [2.24, 2.45) is 5.73 Å². The van der Waals surface area contributed by atoms with Gasteiger partial charge in [-0.05, 0) is 30.3 Å². The first kappa shape index (κ1) is 15.8. The van der Waals surface area contributed by atoms with Gasteiger partial charge in [-0.3, -0.25) is 14.9 Å². The average molecular weight is 346 g/mol. The van der Waals surface area contributed by atoms with Gasteiger partial charge in [0.15, 0.2) is 0 Å². The van der Waals surface area contributed by atoms with Crippen LogP contribution in [0.3, 0.4) is 0 Å². The molecule has 120 valence electrons. The molecule has 0 bridgehead atoms. The Balaban J connectivity index is 2.23. The van der Waals surface area contributed by atoms with E-state index in [1.807, 2.05) is 0 Å². The first-order chi connectivity index (χ1) is 11.4. The molecule has 0 fully saturated rings. The first-order valence-corrected chi connectivity index (χ1v) is 7.09. The zero-order chi connectivity index (χ0) is 17.4. The number of pyridine rings is 1. The van der Waals surface area contributed by atoms with Crippen LogP contribution in [0, 0.1) is 15.9 Å². The zero-order valence-corrected chi connectivity index (χ0v) is 12.7. The standard InChI is InChI=1S/C16H9ClFN3O3/c17-13-7-14(8-1-3-10(4-2-8)21(23)24)20-15-11(13)5-9(18)6-12(15)16(19)22/h1-7H,(H2,19,22). The van der Waals surface area contributed by atoms with Crippen LogP contribution in [0.25, 0.3) is 22.2 Å². The molecule has 3 rings (SSSR count). The number of benzene rings is 2. The van der Waals surface area contributed by atoms with Crippen LogP contribution < -0.4 is 5.73 Å². The van der Waals surface area contributed by atoms with Crippen LogP contribution in [0.4, 0.5) is 10.1 Å². The smallest absolute Gasteiger partial charge is 0.269 e. The van der Waals surface area contributed by atoms with Gasteiger partial charge in [-0.2, -0.15) is 0 Å². The minimum atomic E-state index is -0.830. The minimum absolute atomic E-state index is 0.0643. The van der Waals surface area contributed by atoms with E-state index in [-0.39, 0.29) is 27.2 Å². The molecule has 24 heavy (non-hydrogen) atoms. The van der Waals surface area contributed by atoms with Crippen molar-refractivity contribution in [1.29, 1.82) is 0 Å². The molecule has 0 aliphatic heterocycles. The number of carbonyl (C=O) groups is 1. The molecule has 1 aromatic heterocycles. The second-order valence-corrected chi connectivity index (χ2v) is 5.41. The minimum Gasteiger partial charge on any atom is -0.366 e. The highest BCUT2D eigenvalue weighted by Crippen LogP contribution is 2.31. The molecule has 0 saturated heterocycles. The van der Waals surface area contributed by atoms with Crippen LogP contribution in [-0.2, 0) is 0 Å². The topological polar surface area (TPSA) is 99.1 Å². The largest absolute Gasteiger partial charge is 0.366 e. The van der Waals surface area contributed by atoms with Crippen LogP contribution >= 0.6 is 11.6 Å². The second-order valence-electron chi connectivity index (χ2n) is 5.01. The molecule has 0 atom stereocenters. The number of nitro benzene ring substituents is 1. The third-order valence-electron chi connectivity index (χ3n) is 3.47. The number of non-ortho nitro benzene ring substituents is 1. The fraction of sp³-hybridized carbons (Fsp3) is 0. The number of amides is 1. The number of fused-ring (bicyclic) bond motifs is 1. The summed E-state index contributed by atoms with van der Waals surface area (Å²) in [6.07, 6.45) is 0. The Bertz CT molecular complexity index is 990. The van der Waals surface area contributed by atoms with Gasteiger partial charge in [-0.25, -0.2) is 9.37 Å². The summed E-state index contributed by atoms with van der Waals surface area (Å²) in [7, 11) is 0. The number of hydrogen-bond acceptors (Lipinski definition) is 4. The highest BCUT2D eigenvalue weighted by atomic mass is 35.5. The third-order valence-corrected chi connectivity index (χ3v) is 3.78. The van der Waals surface area contributed by atoms with Crippen LogP contribution in [0.2, 0.25) is 5.02 Å². The van der Waals surface area contributed by atoms with Gasteiger partial charge in [0.1, 0.15) is 5.82 Å². The molecule has 3 aromatic rings. The first-order valence-electron chi connectivity index (χ1n) is 6.71. The number of carbonyl (C=O) groups excluding carboxylic acids is 1. The summed E-state index contributed by atoms with van der Waals surface area (Å²) in [4.78, 5) is 26.1. The van der Waals surface area contributed by atoms with Gasteiger partial charge in [0.25, 0.3) is 11.6 Å². The summed E-state index contributed by atoms with van der Waals surface area (Å²) in [6, 6.07) is 9.33. The highest BCUT2D eigenvalue weighted by Gasteiger charge is 2.15. The Kier molecular flexibility index (Phi) is 3.86. The highest BCUT2D eigenvalue weighted by molar-refractivity contribution is 6.36. The number of aromatic nitrogens is 1. The fourth-order valence-corrected chi connectivity index (χ4v) is 2.59. The van der Waals surface area contributed by atoms with Crippen molar-refractivity contribution < 1.29 is 14.1 Å². The van der Waals surface area contributed by atoms with E-state index in [0.717, 1.165) is 12.1 Å². The molecule has 2 aromatic carbocycles. The molecule has 6 nitrogen and oxygen atoms in total. The Hall–Kier alpha value is -3.06. The van der Waals surface area contributed by atoms with Crippen molar-refractivity contribution in [3.8, 4) is 11.3 Å². The molecule has 0 unspecified atom stereocenters. The number of hydrogen-bond donors (Lipinski definition) is 1. The maximum atomic E-state index is 13.6. The predicted octanol–water partition coefficient (Wildman–Crippen LogP) is 3.70. The zero-order valence-electron chi connectivity index (χ0n) is 12.0. The maximum absolute atomic E-state index is 13.6. The third kappa shape index (κ3) is 2.77. The number of nitro groups is 1. The normalized spacial score (nSPS) is 10.8. The van der Waals surface area contributed by atoms with Crippen LogP contribution in [0.1, 0.15) is 10.4 Å². The maximum Gasteiger partial charge on any atom is 0.269 e. The molecular weight excluding hydrogens is 337 g/mol. The summed E-state index contributed by atoms with van der Waals surface area (Å²) in [6.45, 7) is 0. The van der Waals surface area contributed by atoms with Crippen molar-refractivity contribution in [2.75, 3.05) is 0 Å². The van der Waals surface area contributed by atoms with E-state index in [0.29, 0.717) is 11.3 Å². The van der Waals surface area contributed by atoms with Crippen LogP contribution in [0.15, 0.2) is 42.5 Å². The number of nitrogens with two attached hydrogens (primary N) is 1. The number of primary amides is 1. The summed E-state index contributed by atoms with van der Waals surface area (Å²) in [5, 5.41) is 11.2. The molecule has 0 spiro atoms. The van der Waals surface area contributed by atoms with E-state index in [2.05, 4.69) is 4.98 Å². The molecule has 0 aliphatic carbocycles. The fourth-order valence-electron chi connectivity index (χ4n) is 2.34. The average Bonchev–Trinajstić information content (AvgIpc) is 2.54. The lowest BCUT2D eigenvalue weighted by molar-refractivity contribution is -0.384. The van der Waals surface area contributed by atoms with Crippen molar-refractivity contribution in [1.82, 2.24) is 4.98 Å². The lowest BCUT2D eigenvalue weighted by Gasteiger charge is -2.08. The van der Waals surface area contributed by atoms with Crippen LogP contribution in [0.5, 0.6) is 0 Å². The second kappa shape index (κ2) is 5.86. The summed E-state index contributed by atoms with van der Waals surface area (Å²) in [5.74, 6) is -1.48. The van der Waals surface area contributed by atoms with Gasteiger partial charge in [0, 0.05) is 23.1 Å². The Morgan fingerprint density at radius 2 is 1.88 bits per heavy atom. The molecule has 0 aliphatic rings. The monoisotopic (exact) mass is 345 g/mol. The Morgan fingerprint density at radius 3 is 2.46 bits per heavy atom. The molecule has 1 amide bonds. The summed E-state index contributed by atoms with van der Waals surface area (Å²) < 4.78 is 13.6. The van der Waals surface area contributed by atoms with Crippen molar-refractivity contribution in [3.05, 3.63) is 69.0 Å². The van der Waals surface area contributed by atoms with Gasteiger partial charge >= 0.3 is 0 Å². The van der Waals surface area contributed by atoms with E-state index < -0.39 is 16.6 Å². The van der Waals surface area contributed by atoms with Crippen LogP contribution in [-0.4, -0.2) is 15.8 Å². The predicted molar refractivity (Wildman–Crippen MR) is 87.3 cm³/mol.